The van der Waals surface area contributed by atoms with Crippen LogP contribution in [0.5, 0.6) is 5.75 Å². The van der Waals surface area contributed by atoms with Crippen LogP contribution in [-0.4, -0.2) is 21.8 Å². The van der Waals surface area contributed by atoms with Gasteiger partial charge < -0.3 is 15.8 Å². The molecule has 0 fully saturated rings. The third kappa shape index (κ3) is 6.28. The molecule has 0 radical (unpaired) electrons. The van der Waals surface area contributed by atoms with Crippen molar-refractivity contribution in [3.63, 3.8) is 0 Å². The van der Waals surface area contributed by atoms with Gasteiger partial charge in [0, 0.05) is 17.4 Å². The molecule has 3 rings (SSSR count). The van der Waals surface area contributed by atoms with E-state index in [1.54, 1.807) is 6.20 Å². The van der Waals surface area contributed by atoms with E-state index in [2.05, 4.69) is 15.4 Å². The Bertz CT molecular complexity index is 860. The van der Waals surface area contributed by atoms with Crippen LogP contribution in [0.3, 0.4) is 0 Å². The van der Waals surface area contributed by atoms with E-state index >= 15 is 0 Å². The molecule has 0 bridgehead atoms. The minimum absolute atomic E-state index is 0. The predicted octanol–water partition coefficient (Wildman–Crippen LogP) is 4.20. The zero-order valence-corrected chi connectivity index (χ0v) is 17.7. The van der Waals surface area contributed by atoms with Crippen molar-refractivity contribution >= 4 is 35.6 Å². The smallest absolute Gasteiger partial charge is 0.193 e. The minimum atomic E-state index is 0. The summed E-state index contributed by atoms with van der Waals surface area (Å²) in [6.07, 6.45) is 3.89. The first-order valence-corrected chi connectivity index (χ1v) is 8.53. The lowest BCUT2D eigenvalue weighted by atomic mass is 10.3. The van der Waals surface area contributed by atoms with Gasteiger partial charge in [-0.2, -0.15) is 5.10 Å². The van der Waals surface area contributed by atoms with Gasteiger partial charge in [-0.3, -0.25) is 0 Å². The second kappa shape index (κ2) is 9.96. The van der Waals surface area contributed by atoms with Crippen molar-refractivity contribution in [2.45, 2.75) is 26.5 Å². The van der Waals surface area contributed by atoms with Crippen molar-refractivity contribution in [3.8, 4) is 11.4 Å². The quantitative estimate of drug-likeness (QED) is 0.317. The fraction of sp³-hybridized carbons (Fsp3) is 0.200. The van der Waals surface area contributed by atoms with Gasteiger partial charge in [0.2, 0.25) is 0 Å². The molecule has 1 aromatic heterocycles. The molecule has 0 aliphatic carbocycles. The van der Waals surface area contributed by atoms with Gasteiger partial charge in [-0.05, 0) is 50.2 Å². The Morgan fingerprint density at radius 2 is 1.85 bits per heavy atom. The molecule has 0 unspecified atom stereocenters. The van der Waals surface area contributed by atoms with Crippen molar-refractivity contribution in [2.24, 2.45) is 10.7 Å². The summed E-state index contributed by atoms with van der Waals surface area (Å²) in [6.45, 7) is 4.45. The van der Waals surface area contributed by atoms with Gasteiger partial charge in [-0.15, -0.1) is 24.0 Å². The molecule has 0 saturated heterocycles. The molecule has 0 spiro atoms. The minimum Gasteiger partial charge on any atom is -0.491 e. The first-order chi connectivity index (χ1) is 12.6. The molecule has 6 nitrogen and oxygen atoms in total. The molecule has 142 valence electrons. The van der Waals surface area contributed by atoms with E-state index in [1.807, 2.05) is 79.3 Å². The number of aromatic nitrogens is 2. The van der Waals surface area contributed by atoms with Crippen LogP contribution >= 0.6 is 24.0 Å². The number of nitrogens with one attached hydrogen (secondary N) is 1. The lowest BCUT2D eigenvalue weighted by Crippen LogP contribution is -2.22. The summed E-state index contributed by atoms with van der Waals surface area (Å²) < 4.78 is 7.44. The first kappa shape index (κ1) is 20.8. The molecular formula is C20H24IN5O. The van der Waals surface area contributed by atoms with Crippen LogP contribution in [0.4, 0.5) is 5.69 Å². The average molecular weight is 477 g/mol. The van der Waals surface area contributed by atoms with Crippen LogP contribution < -0.4 is 15.8 Å². The summed E-state index contributed by atoms with van der Waals surface area (Å²) in [4.78, 5) is 4.37. The van der Waals surface area contributed by atoms with E-state index in [-0.39, 0.29) is 30.1 Å². The van der Waals surface area contributed by atoms with Crippen molar-refractivity contribution in [1.82, 2.24) is 9.78 Å². The van der Waals surface area contributed by atoms with Gasteiger partial charge >= 0.3 is 0 Å². The summed E-state index contributed by atoms with van der Waals surface area (Å²) in [7, 11) is 0. The van der Waals surface area contributed by atoms with E-state index in [4.69, 9.17) is 10.5 Å². The zero-order chi connectivity index (χ0) is 18.4. The molecular weight excluding hydrogens is 453 g/mol. The van der Waals surface area contributed by atoms with Gasteiger partial charge in [0.15, 0.2) is 5.96 Å². The number of anilines is 1. The van der Waals surface area contributed by atoms with Crippen molar-refractivity contribution < 1.29 is 4.74 Å². The predicted molar refractivity (Wildman–Crippen MR) is 120 cm³/mol. The highest BCUT2D eigenvalue weighted by Gasteiger charge is 2.02. The van der Waals surface area contributed by atoms with Crippen LogP contribution in [0.1, 0.15) is 19.4 Å². The van der Waals surface area contributed by atoms with Crippen molar-refractivity contribution in [2.75, 3.05) is 5.32 Å². The molecule has 3 aromatic rings. The second-order valence-corrected chi connectivity index (χ2v) is 6.15. The third-order valence-electron chi connectivity index (χ3n) is 3.59. The molecule has 0 aliphatic heterocycles. The highest BCUT2D eigenvalue weighted by molar-refractivity contribution is 14.0. The third-order valence-corrected chi connectivity index (χ3v) is 3.59. The number of benzene rings is 2. The SMILES string of the molecule is CC(C)Oc1ccc(NC(N)=NCc2cnn(-c3ccccc3)c2)cc1.I. The maximum absolute atomic E-state index is 5.97. The molecule has 0 aliphatic rings. The maximum Gasteiger partial charge on any atom is 0.193 e. The number of ether oxygens (including phenoxy) is 1. The number of aliphatic imine (C=N–C) groups is 1. The molecule has 2 aromatic carbocycles. The van der Waals surface area contributed by atoms with Gasteiger partial charge in [0.25, 0.3) is 0 Å². The van der Waals surface area contributed by atoms with Crippen LogP contribution in [0.2, 0.25) is 0 Å². The number of hydrogen-bond donors (Lipinski definition) is 2. The molecule has 0 saturated carbocycles. The summed E-state index contributed by atoms with van der Waals surface area (Å²) in [6, 6.07) is 17.6. The fourth-order valence-electron chi connectivity index (χ4n) is 2.42. The monoisotopic (exact) mass is 477 g/mol. The van der Waals surface area contributed by atoms with Crippen LogP contribution in [0, 0.1) is 0 Å². The molecule has 27 heavy (non-hydrogen) atoms. The first-order valence-electron chi connectivity index (χ1n) is 8.53. The van der Waals surface area contributed by atoms with Gasteiger partial charge in [-0.25, -0.2) is 9.67 Å². The fourth-order valence-corrected chi connectivity index (χ4v) is 2.42. The zero-order valence-electron chi connectivity index (χ0n) is 15.4. The lowest BCUT2D eigenvalue weighted by molar-refractivity contribution is 0.242. The summed E-state index contributed by atoms with van der Waals surface area (Å²) in [5, 5.41) is 7.43. The summed E-state index contributed by atoms with van der Waals surface area (Å²) in [5.41, 5.74) is 8.83. The standard InChI is InChI=1S/C20H23N5O.HI/c1-15(2)26-19-10-8-17(9-11-19)24-20(21)22-12-16-13-23-25(14-16)18-6-4-3-5-7-18;/h3-11,13-15H,12H2,1-2H3,(H3,21,22,24);1H. The highest BCUT2D eigenvalue weighted by atomic mass is 127. The number of nitrogens with two attached hydrogens (primary N) is 1. The second-order valence-electron chi connectivity index (χ2n) is 6.15. The van der Waals surface area contributed by atoms with Crippen molar-refractivity contribution in [1.29, 1.82) is 0 Å². The Kier molecular flexibility index (Phi) is 7.66. The molecule has 7 heteroatoms. The Hall–Kier alpha value is -2.55. The van der Waals surface area contributed by atoms with E-state index in [0.717, 1.165) is 22.7 Å². The normalized spacial score (nSPS) is 11.1. The van der Waals surface area contributed by atoms with E-state index < -0.39 is 0 Å². The Balaban J connectivity index is 0.00000261. The van der Waals surface area contributed by atoms with Crippen LogP contribution in [0.25, 0.3) is 5.69 Å². The number of halogens is 1. The lowest BCUT2D eigenvalue weighted by Gasteiger charge is -2.10. The Morgan fingerprint density at radius 1 is 1.15 bits per heavy atom. The number of para-hydroxylation sites is 1. The Morgan fingerprint density at radius 3 is 2.52 bits per heavy atom. The van der Waals surface area contributed by atoms with Crippen LogP contribution in [0.15, 0.2) is 72.0 Å². The van der Waals surface area contributed by atoms with Crippen molar-refractivity contribution in [3.05, 3.63) is 72.6 Å². The number of hydrogen-bond acceptors (Lipinski definition) is 3. The van der Waals surface area contributed by atoms with E-state index in [0.29, 0.717) is 12.5 Å². The van der Waals surface area contributed by atoms with Gasteiger partial charge in [0.05, 0.1) is 24.5 Å². The molecule has 1 heterocycles. The van der Waals surface area contributed by atoms with Gasteiger partial charge in [0.1, 0.15) is 5.75 Å². The number of guanidine groups is 1. The van der Waals surface area contributed by atoms with E-state index in [9.17, 15) is 0 Å². The largest absolute Gasteiger partial charge is 0.491 e. The number of nitrogens with zero attached hydrogens (tertiary/aromatic N) is 3. The maximum atomic E-state index is 5.97. The highest BCUT2D eigenvalue weighted by Crippen LogP contribution is 2.16. The number of rotatable bonds is 6. The topological polar surface area (TPSA) is 77.5 Å². The van der Waals surface area contributed by atoms with Crippen LogP contribution in [-0.2, 0) is 6.54 Å². The van der Waals surface area contributed by atoms with E-state index in [1.165, 1.54) is 0 Å². The van der Waals surface area contributed by atoms with Gasteiger partial charge in [-0.1, -0.05) is 18.2 Å². The average Bonchev–Trinajstić information content (AvgIpc) is 3.11. The molecule has 0 atom stereocenters. The Labute approximate surface area is 176 Å². The summed E-state index contributed by atoms with van der Waals surface area (Å²) in [5.74, 6) is 1.18. The summed E-state index contributed by atoms with van der Waals surface area (Å²) >= 11 is 0. The molecule has 3 N–H and O–H groups in total. The molecule has 0 amide bonds.